The molecule has 1 aliphatic heterocycles. The molecule has 1 aliphatic rings. The van der Waals surface area contributed by atoms with Crippen molar-refractivity contribution < 1.29 is 13.2 Å². The molecule has 0 bridgehead atoms. The second-order valence-electron chi connectivity index (χ2n) is 7.14. The Kier molecular flexibility index (Phi) is 5.85. The van der Waals surface area contributed by atoms with Crippen LogP contribution in [0.5, 0.6) is 0 Å². The Morgan fingerprint density at radius 1 is 1.20 bits per heavy atom. The minimum Gasteiger partial charge on any atom is -0.311 e. The maximum absolute atomic E-state index is 12.8. The average molecular weight is 443 g/mol. The number of carbonyl (C=O) groups is 1. The Labute approximate surface area is 179 Å². The highest BCUT2D eigenvalue weighted by atomic mass is 32.2. The van der Waals surface area contributed by atoms with Gasteiger partial charge in [0.15, 0.2) is 5.13 Å². The second-order valence-corrected chi connectivity index (χ2v) is 9.71. The number of sulfonamides is 1. The van der Waals surface area contributed by atoms with Gasteiger partial charge < -0.3 is 10.2 Å². The van der Waals surface area contributed by atoms with Crippen molar-refractivity contribution in [3.8, 4) is 0 Å². The molecule has 1 aromatic heterocycles. The molecule has 0 spiro atoms. The molecule has 0 saturated carbocycles. The molecule has 2 heterocycles. The molecule has 3 aromatic rings. The van der Waals surface area contributed by atoms with Gasteiger partial charge in [-0.25, -0.2) is 13.4 Å². The number of benzene rings is 2. The van der Waals surface area contributed by atoms with Crippen LogP contribution in [0.3, 0.4) is 0 Å². The van der Waals surface area contributed by atoms with Crippen LogP contribution in [-0.4, -0.2) is 31.9 Å². The van der Waals surface area contributed by atoms with Gasteiger partial charge >= 0.3 is 0 Å². The highest BCUT2D eigenvalue weighted by Crippen LogP contribution is 2.25. The van der Waals surface area contributed by atoms with Crippen LogP contribution in [0.15, 0.2) is 65.0 Å². The summed E-state index contributed by atoms with van der Waals surface area (Å²) in [4.78, 5) is 18.6. The quantitative estimate of drug-likeness (QED) is 0.587. The van der Waals surface area contributed by atoms with Crippen LogP contribution in [0.4, 0.5) is 10.8 Å². The fourth-order valence-corrected chi connectivity index (χ4v) is 5.23. The van der Waals surface area contributed by atoms with E-state index in [1.807, 2.05) is 25.1 Å². The smallest absolute Gasteiger partial charge is 0.263 e. The van der Waals surface area contributed by atoms with E-state index in [9.17, 15) is 13.2 Å². The lowest BCUT2D eigenvalue weighted by molar-refractivity contribution is -0.118. The Hall–Kier alpha value is -2.75. The van der Waals surface area contributed by atoms with E-state index in [4.69, 9.17) is 0 Å². The SMILES string of the molecule is Cc1cccc(CN[C@H]2CCN(c3ccc(S(=O)(=O)Nc4nccs4)cc3)C2=O)c1. The maximum atomic E-state index is 12.8. The summed E-state index contributed by atoms with van der Waals surface area (Å²) in [5.41, 5.74) is 3.02. The van der Waals surface area contributed by atoms with Crippen LogP contribution in [-0.2, 0) is 21.4 Å². The summed E-state index contributed by atoms with van der Waals surface area (Å²) in [5, 5.41) is 5.35. The summed E-state index contributed by atoms with van der Waals surface area (Å²) in [5.74, 6) is -0.000768. The topological polar surface area (TPSA) is 91.4 Å². The van der Waals surface area contributed by atoms with Crippen molar-refractivity contribution in [3.05, 3.63) is 71.2 Å². The first-order valence-electron chi connectivity index (χ1n) is 9.55. The summed E-state index contributed by atoms with van der Waals surface area (Å²) < 4.78 is 27.4. The summed E-state index contributed by atoms with van der Waals surface area (Å²) in [6.07, 6.45) is 2.24. The number of nitrogens with one attached hydrogen (secondary N) is 2. The van der Waals surface area contributed by atoms with E-state index < -0.39 is 10.0 Å². The number of hydrogen-bond acceptors (Lipinski definition) is 6. The van der Waals surface area contributed by atoms with Gasteiger partial charge in [-0.1, -0.05) is 29.8 Å². The average Bonchev–Trinajstić information content (AvgIpc) is 3.36. The van der Waals surface area contributed by atoms with Crippen molar-refractivity contribution in [3.63, 3.8) is 0 Å². The lowest BCUT2D eigenvalue weighted by atomic mass is 10.1. The summed E-state index contributed by atoms with van der Waals surface area (Å²) >= 11 is 1.21. The molecular weight excluding hydrogens is 420 g/mol. The maximum Gasteiger partial charge on any atom is 0.263 e. The summed E-state index contributed by atoms with van der Waals surface area (Å²) in [6, 6.07) is 14.3. The molecular formula is C21H22N4O3S2. The van der Waals surface area contributed by atoms with Crippen molar-refractivity contribution in [2.24, 2.45) is 0 Å². The van der Waals surface area contributed by atoms with Crippen LogP contribution in [0, 0.1) is 6.92 Å². The molecule has 156 valence electrons. The van der Waals surface area contributed by atoms with Gasteiger partial charge in [-0.15, -0.1) is 11.3 Å². The van der Waals surface area contributed by atoms with Gasteiger partial charge in [0.2, 0.25) is 5.91 Å². The van der Waals surface area contributed by atoms with E-state index in [0.717, 1.165) is 5.56 Å². The zero-order valence-corrected chi connectivity index (χ0v) is 18.0. The lowest BCUT2D eigenvalue weighted by Gasteiger charge is -2.18. The van der Waals surface area contributed by atoms with E-state index >= 15 is 0 Å². The van der Waals surface area contributed by atoms with Crippen molar-refractivity contribution in [1.82, 2.24) is 10.3 Å². The minimum atomic E-state index is -3.71. The number of anilines is 2. The molecule has 9 heteroatoms. The van der Waals surface area contributed by atoms with Gasteiger partial charge in [0.05, 0.1) is 10.9 Å². The van der Waals surface area contributed by atoms with Gasteiger partial charge in [-0.3, -0.25) is 9.52 Å². The third-order valence-electron chi connectivity index (χ3n) is 4.95. The van der Waals surface area contributed by atoms with Crippen LogP contribution in [0.25, 0.3) is 0 Å². The Morgan fingerprint density at radius 3 is 2.70 bits per heavy atom. The van der Waals surface area contributed by atoms with E-state index in [1.165, 1.54) is 35.2 Å². The number of thiazole rings is 1. The Bertz CT molecular complexity index is 1130. The van der Waals surface area contributed by atoms with E-state index in [2.05, 4.69) is 21.1 Å². The minimum absolute atomic E-state index is 0.000768. The summed E-state index contributed by atoms with van der Waals surface area (Å²) in [7, 11) is -3.71. The third-order valence-corrected chi connectivity index (χ3v) is 7.13. The summed E-state index contributed by atoms with van der Waals surface area (Å²) in [6.45, 7) is 3.27. The molecule has 1 fully saturated rings. The molecule has 1 saturated heterocycles. The van der Waals surface area contributed by atoms with Crippen molar-refractivity contribution in [1.29, 1.82) is 0 Å². The number of amides is 1. The van der Waals surface area contributed by atoms with Crippen LogP contribution in [0.2, 0.25) is 0 Å². The first-order chi connectivity index (χ1) is 14.4. The monoisotopic (exact) mass is 442 g/mol. The van der Waals surface area contributed by atoms with Gasteiger partial charge in [-0.05, 0) is 43.2 Å². The van der Waals surface area contributed by atoms with Gasteiger partial charge in [-0.2, -0.15) is 0 Å². The molecule has 1 atom stereocenters. The highest BCUT2D eigenvalue weighted by molar-refractivity contribution is 7.93. The normalized spacial score (nSPS) is 16.8. The molecule has 30 heavy (non-hydrogen) atoms. The van der Waals surface area contributed by atoms with Crippen molar-refractivity contribution in [2.75, 3.05) is 16.2 Å². The molecule has 1 amide bonds. The second kappa shape index (κ2) is 8.55. The third kappa shape index (κ3) is 4.53. The number of rotatable bonds is 7. The van der Waals surface area contributed by atoms with Gasteiger partial charge in [0.25, 0.3) is 10.0 Å². The Morgan fingerprint density at radius 2 is 2.00 bits per heavy atom. The molecule has 0 aliphatic carbocycles. The highest BCUT2D eigenvalue weighted by Gasteiger charge is 2.32. The first kappa shape index (κ1) is 20.5. The van der Waals surface area contributed by atoms with Crippen LogP contribution in [0.1, 0.15) is 17.5 Å². The molecule has 0 unspecified atom stereocenters. The number of nitrogens with zero attached hydrogens (tertiary/aromatic N) is 2. The van der Waals surface area contributed by atoms with Crippen molar-refractivity contribution >= 4 is 38.1 Å². The van der Waals surface area contributed by atoms with E-state index in [-0.39, 0.29) is 16.8 Å². The number of hydrogen-bond donors (Lipinski definition) is 2. The zero-order valence-electron chi connectivity index (χ0n) is 16.4. The predicted molar refractivity (Wildman–Crippen MR) is 118 cm³/mol. The van der Waals surface area contributed by atoms with Crippen LogP contribution < -0.4 is 14.9 Å². The van der Waals surface area contributed by atoms with Gasteiger partial charge in [0, 0.05) is 30.4 Å². The molecule has 2 aromatic carbocycles. The van der Waals surface area contributed by atoms with E-state index in [0.29, 0.717) is 30.3 Å². The van der Waals surface area contributed by atoms with Gasteiger partial charge in [0.1, 0.15) is 0 Å². The fraction of sp³-hybridized carbons (Fsp3) is 0.238. The number of carbonyl (C=O) groups excluding carboxylic acids is 1. The predicted octanol–water partition coefficient (Wildman–Crippen LogP) is 3.15. The zero-order chi connectivity index (χ0) is 21.1. The van der Waals surface area contributed by atoms with E-state index in [1.54, 1.807) is 22.4 Å². The number of aromatic nitrogens is 1. The molecule has 7 nitrogen and oxygen atoms in total. The molecule has 0 radical (unpaired) electrons. The fourth-order valence-electron chi connectivity index (χ4n) is 3.44. The Balaban J connectivity index is 1.40. The lowest BCUT2D eigenvalue weighted by Crippen LogP contribution is -2.38. The standard InChI is InChI=1S/C21H22N4O3S2/c1-15-3-2-4-16(13-15)14-23-19-9-11-25(20(19)26)17-5-7-18(8-6-17)30(27,28)24-21-22-10-12-29-21/h2-8,10,12-13,19,23H,9,11,14H2,1H3,(H,22,24)/t19-/m0/s1. The van der Waals surface area contributed by atoms with Crippen LogP contribution >= 0.6 is 11.3 Å². The van der Waals surface area contributed by atoms with Crippen molar-refractivity contribution in [2.45, 2.75) is 30.8 Å². The molecule has 2 N–H and O–H groups in total. The largest absolute Gasteiger partial charge is 0.311 e. The first-order valence-corrected chi connectivity index (χ1v) is 11.9. The molecule has 4 rings (SSSR count). The number of aryl methyl sites for hydroxylation is 1.